The predicted octanol–water partition coefficient (Wildman–Crippen LogP) is 1.53. The molecule has 1 aromatic rings. The molecule has 0 bridgehead atoms. The number of hydrogen-bond acceptors (Lipinski definition) is 3. The van der Waals surface area contributed by atoms with E-state index in [-0.39, 0.29) is 11.3 Å². The third-order valence-electron chi connectivity index (χ3n) is 1.99. The number of nitrogens with one attached hydrogen (secondary N) is 1. The average Bonchev–Trinajstić information content (AvgIpc) is 2.17. The van der Waals surface area contributed by atoms with Crippen LogP contribution in [-0.2, 0) is 10.0 Å². The van der Waals surface area contributed by atoms with Crippen LogP contribution in [0, 0.1) is 0 Å². The fourth-order valence-electron chi connectivity index (χ4n) is 0.998. The van der Waals surface area contributed by atoms with Crippen LogP contribution in [0.2, 0.25) is 0 Å². The Labute approximate surface area is 94.2 Å². The van der Waals surface area contributed by atoms with E-state index in [1.54, 1.807) is 13.8 Å². The van der Waals surface area contributed by atoms with Crippen molar-refractivity contribution < 1.29 is 18.3 Å². The highest BCUT2D eigenvalue weighted by atomic mass is 32.2. The summed E-state index contributed by atoms with van der Waals surface area (Å²) in [6.07, 6.45) is 0. The molecule has 0 fully saturated rings. The second-order valence-electron chi connectivity index (χ2n) is 3.58. The third-order valence-corrected chi connectivity index (χ3v) is 3.75. The Morgan fingerprint density at radius 2 is 2.00 bits per heavy atom. The van der Waals surface area contributed by atoms with Gasteiger partial charge in [-0.1, -0.05) is 6.07 Å². The Bertz CT molecular complexity index is 493. The first-order valence-electron chi connectivity index (χ1n) is 4.68. The minimum Gasteiger partial charge on any atom is -0.478 e. The fourth-order valence-corrected chi connectivity index (χ4v) is 1.69. The van der Waals surface area contributed by atoms with Crippen LogP contribution in [0.15, 0.2) is 24.3 Å². The molecule has 0 heterocycles. The molecule has 0 unspecified atom stereocenters. The zero-order valence-electron chi connectivity index (χ0n) is 8.97. The summed E-state index contributed by atoms with van der Waals surface area (Å²) in [5.74, 6) is -1.09. The predicted molar refractivity (Wildman–Crippen MR) is 61.1 cm³/mol. The van der Waals surface area contributed by atoms with Crippen molar-refractivity contribution in [2.45, 2.75) is 19.1 Å². The number of benzene rings is 1. The van der Waals surface area contributed by atoms with Crippen molar-refractivity contribution >= 4 is 21.7 Å². The molecule has 88 valence electrons. The van der Waals surface area contributed by atoms with Gasteiger partial charge in [0.2, 0.25) is 10.0 Å². The molecule has 16 heavy (non-hydrogen) atoms. The molecule has 0 aliphatic rings. The van der Waals surface area contributed by atoms with E-state index < -0.39 is 21.2 Å². The highest BCUT2D eigenvalue weighted by Crippen LogP contribution is 2.14. The lowest BCUT2D eigenvalue weighted by Crippen LogP contribution is -2.22. The first kappa shape index (κ1) is 12.5. The van der Waals surface area contributed by atoms with Gasteiger partial charge in [-0.25, -0.2) is 13.2 Å². The molecule has 1 aromatic carbocycles. The van der Waals surface area contributed by atoms with Gasteiger partial charge in [-0.05, 0) is 32.0 Å². The maximum atomic E-state index is 11.5. The highest BCUT2D eigenvalue weighted by Gasteiger charge is 2.15. The topological polar surface area (TPSA) is 83.5 Å². The Kier molecular flexibility index (Phi) is 3.54. The molecule has 0 saturated heterocycles. The van der Waals surface area contributed by atoms with E-state index in [2.05, 4.69) is 4.72 Å². The van der Waals surface area contributed by atoms with Gasteiger partial charge in [0.05, 0.1) is 10.8 Å². The van der Waals surface area contributed by atoms with Crippen LogP contribution in [0.1, 0.15) is 24.2 Å². The molecule has 0 aliphatic heterocycles. The normalized spacial score (nSPS) is 11.4. The van der Waals surface area contributed by atoms with Crippen LogP contribution in [0.25, 0.3) is 0 Å². The average molecular weight is 243 g/mol. The summed E-state index contributed by atoms with van der Waals surface area (Å²) in [5.41, 5.74) is 0.303. The van der Waals surface area contributed by atoms with E-state index >= 15 is 0 Å². The van der Waals surface area contributed by atoms with Gasteiger partial charge in [0.25, 0.3) is 0 Å². The molecular weight excluding hydrogens is 230 g/mol. The van der Waals surface area contributed by atoms with E-state index in [0.29, 0.717) is 0 Å². The van der Waals surface area contributed by atoms with Crippen LogP contribution >= 0.6 is 0 Å². The number of hydrogen-bond donors (Lipinski definition) is 2. The molecule has 5 nitrogen and oxygen atoms in total. The van der Waals surface area contributed by atoms with Crippen LogP contribution < -0.4 is 4.72 Å². The Morgan fingerprint density at radius 1 is 1.38 bits per heavy atom. The number of carboxylic acids is 1. The molecule has 0 aromatic heterocycles. The van der Waals surface area contributed by atoms with Crippen molar-refractivity contribution in [3.05, 3.63) is 29.8 Å². The highest BCUT2D eigenvalue weighted by molar-refractivity contribution is 7.93. The summed E-state index contributed by atoms with van der Waals surface area (Å²) in [6.45, 7) is 3.09. The Balaban J connectivity index is 2.99. The molecule has 6 heteroatoms. The van der Waals surface area contributed by atoms with Crippen molar-refractivity contribution in [1.82, 2.24) is 0 Å². The van der Waals surface area contributed by atoms with Crippen molar-refractivity contribution in [1.29, 1.82) is 0 Å². The van der Waals surface area contributed by atoms with Gasteiger partial charge in [0.15, 0.2) is 0 Å². The number of carboxylic acid groups (broad SMARTS) is 1. The van der Waals surface area contributed by atoms with Crippen molar-refractivity contribution in [3.8, 4) is 0 Å². The first-order valence-corrected chi connectivity index (χ1v) is 6.22. The van der Waals surface area contributed by atoms with Crippen molar-refractivity contribution in [3.63, 3.8) is 0 Å². The molecular formula is C10H13NO4S. The molecule has 0 aliphatic carbocycles. The second kappa shape index (κ2) is 4.52. The monoisotopic (exact) mass is 243 g/mol. The standard InChI is InChI=1S/C10H13NO4S/c1-7(2)16(14,15)11-9-5-3-4-8(6-9)10(12)13/h3-7,11H,1-2H3,(H,12,13). The summed E-state index contributed by atoms with van der Waals surface area (Å²) in [6, 6.07) is 5.67. The lowest BCUT2D eigenvalue weighted by molar-refractivity contribution is 0.0697. The van der Waals surface area contributed by atoms with Gasteiger partial charge in [-0.15, -0.1) is 0 Å². The SMILES string of the molecule is CC(C)S(=O)(=O)Nc1cccc(C(=O)O)c1. The smallest absolute Gasteiger partial charge is 0.335 e. The van der Waals surface area contributed by atoms with Gasteiger partial charge in [-0.3, -0.25) is 4.72 Å². The first-order chi connectivity index (χ1) is 7.33. The van der Waals surface area contributed by atoms with Crippen LogP contribution in [0.4, 0.5) is 5.69 Å². The van der Waals surface area contributed by atoms with Gasteiger partial charge in [-0.2, -0.15) is 0 Å². The quantitative estimate of drug-likeness (QED) is 0.840. The van der Waals surface area contributed by atoms with Crippen LogP contribution in [0.3, 0.4) is 0 Å². The Hall–Kier alpha value is -1.56. The van der Waals surface area contributed by atoms with Crippen molar-refractivity contribution in [2.24, 2.45) is 0 Å². The summed E-state index contributed by atoms with van der Waals surface area (Å²) in [5, 5.41) is 8.17. The zero-order valence-corrected chi connectivity index (χ0v) is 9.78. The number of aromatic carboxylic acids is 1. The van der Waals surface area contributed by atoms with Crippen LogP contribution in [-0.4, -0.2) is 24.7 Å². The lowest BCUT2D eigenvalue weighted by Gasteiger charge is -2.10. The summed E-state index contributed by atoms with van der Waals surface area (Å²) >= 11 is 0. The summed E-state index contributed by atoms with van der Waals surface area (Å²) in [7, 11) is -3.44. The maximum absolute atomic E-state index is 11.5. The maximum Gasteiger partial charge on any atom is 0.335 e. The lowest BCUT2D eigenvalue weighted by atomic mass is 10.2. The number of rotatable bonds is 4. The molecule has 0 atom stereocenters. The number of carbonyl (C=O) groups is 1. The van der Waals surface area contributed by atoms with Crippen molar-refractivity contribution in [2.75, 3.05) is 4.72 Å². The molecule has 0 amide bonds. The van der Waals surface area contributed by atoms with E-state index in [9.17, 15) is 13.2 Å². The van der Waals surface area contributed by atoms with Gasteiger partial charge >= 0.3 is 5.97 Å². The minimum atomic E-state index is -3.44. The zero-order chi connectivity index (χ0) is 12.3. The second-order valence-corrected chi connectivity index (χ2v) is 5.82. The number of sulfonamides is 1. The summed E-state index contributed by atoms with van der Waals surface area (Å²) in [4.78, 5) is 10.7. The number of anilines is 1. The molecule has 0 radical (unpaired) electrons. The molecule has 0 spiro atoms. The van der Waals surface area contributed by atoms with Gasteiger partial charge < -0.3 is 5.11 Å². The van der Waals surface area contributed by atoms with E-state index in [0.717, 1.165) is 0 Å². The van der Waals surface area contributed by atoms with E-state index in [1.165, 1.54) is 24.3 Å². The minimum absolute atomic E-state index is 0.0453. The Morgan fingerprint density at radius 3 is 2.50 bits per heavy atom. The largest absolute Gasteiger partial charge is 0.478 e. The third kappa shape index (κ3) is 2.96. The fraction of sp³-hybridized carbons (Fsp3) is 0.300. The molecule has 1 rings (SSSR count). The van der Waals surface area contributed by atoms with E-state index in [4.69, 9.17) is 5.11 Å². The van der Waals surface area contributed by atoms with Gasteiger partial charge in [0, 0.05) is 5.69 Å². The van der Waals surface area contributed by atoms with Crippen LogP contribution in [0.5, 0.6) is 0 Å². The molecule has 0 saturated carbocycles. The molecule has 2 N–H and O–H groups in total. The summed E-state index contributed by atoms with van der Waals surface area (Å²) < 4.78 is 25.4. The van der Waals surface area contributed by atoms with Gasteiger partial charge in [0.1, 0.15) is 0 Å². The van der Waals surface area contributed by atoms with E-state index in [1.807, 2.05) is 0 Å².